The summed E-state index contributed by atoms with van der Waals surface area (Å²) in [6.07, 6.45) is -3.29. The van der Waals surface area contributed by atoms with Gasteiger partial charge < -0.3 is 24.8 Å². The third kappa shape index (κ3) is 3.40. The van der Waals surface area contributed by atoms with Crippen molar-refractivity contribution in [3.63, 3.8) is 0 Å². The van der Waals surface area contributed by atoms with Crippen LogP contribution >= 0.6 is 0 Å². The summed E-state index contributed by atoms with van der Waals surface area (Å²) < 4.78 is 10.4. The Hall–Kier alpha value is -0.200. The Balaban J connectivity index is 2.57. The van der Waals surface area contributed by atoms with Gasteiger partial charge in [-0.1, -0.05) is 13.8 Å². The molecule has 0 aliphatic carbocycles. The number of hydrogen-bond acceptors (Lipinski definition) is 5. The quantitative estimate of drug-likeness (QED) is 0.624. The molecule has 96 valence electrons. The molecule has 1 rings (SSSR count). The minimum atomic E-state index is -1.12. The van der Waals surface area contributed by atoms with Crippen molar-refractivity contribution < 1.29 is 24.8 Å². The summed E-state index contributed by atoms with van der Waals surface area (Å²) in [7, 11) is 0. The van der Waals surface area contributed by atoms with E-state index < -0.39 is 24.6 Å². The standard InChI is InChI=1S/C11H22O5/c1-6(2)8-5-16-11(14)10(9(8)13)15-4-7(3)12/h6-14H,4-5H2,1-3H3/t7-,8+,9?,10?,11?/m1/s1. The van der Waals surface area contributed by atoms with E-state index in [2.05, 4.69) is 0 Å². The molecule has 5 nitrogen and oxygen atoms in total. The molecule has 5 heteroatoms. The van der Waals surface area contributed by atoms with Crippen molar-refractivity contribution in [1.82, 2.24) is 0 Å². The van der Waals surface area contributed by atoms with Crippen molar-refractivity contribution in [3.05, 3.63) is 0 Å². The second kappa shape index (κ2) is 5.93. The summed E-state index contributed by atoms with van der Waals surface area (Å²) in [6.45, 7) is 5.96. The van der Waals surface area contributed by atoms with Crippen LogP contribution in [0.1, 0.15) is 20.8 Å². The number of aliphatic hydroxyl groups is 3. The van der Waals surface area contributed by atoms with E-state index in [0.29, 0.717) is 6.61 Å². The predicted molar refractivity (Wildman–Crippen MR) is 57.7 cm³/mol. The molecule has 1 heterocycles. The van der Waals surface area contributed by atoms with E-state index in [-0.39, 0.29) is 18.4 Å². The van der Waals surface area contributed by atoms with Gasteiger partial charge in [-0.2, -0.15) is 0 Å². The zero-order valence-electron chi connectivity index (χ0n) is 10.0. The lowest BCUT2D eigenvalue weighted by molar-refractivity contribution is -0.261. The molecule has 5 atom stereocenters. The highest BCUT2D eigenvalue weighted by molar-refractivity contribution is 4.85. The van der Waals surface area contributed by atoms with E-state index >= 15 is 0 Å². The number of hydrogen-bond donors (Lipinski definition) is 3. The second-order valence-corrected chi connectivity index (χ2v) is 4.77. The van der Waals surface area contributed by atoms with Gasteiger partial charge in [-0.15, -0.1) is 0 Å². The molecule has 0 spiro atoms. The molecular weight excluding hydrogens is 212 g/mol. The Labute approximate surface area is 96.0 Å². The summed E-state index contributed by atoms with van der Waals surface area (Å²) >= 11 is 0. The number of ether oxygens (including phenoxy) is 2. The monoisotopic (exact) mass is 234 g/mol. The Morgan fingerprint density at radius 3 is 2.44 bits per heavy atom. The molecule has 0 radical (unpaired) electrons. The lowest BCUT2D eigenvalue weighted by atomic mass is 9.86. The van der Waals surface area contributed by atoms with Crippen molar-refractivity contribution in [2.45, 2.75) is 45.4 Å². The fourth-order valence-corrected chi connectivity index (χ4v) is 1.83. The van der Waals surface area contributed by atoms with Gasteiger partial charge in [-0.05, 0) is 12.8 Å². The Bertz CT molecular complexity index is 207. The van der Waals surface area contributed by atoms with E-state index in [4.69, 9.17) is 14.6 Å². The van der Waals surface area contributed by atoms with Crippen LogP contribution in [-0.4, -0.2) is 53.1 Å². The maximum Gasteiger partial charge on any atom is 0.183 e. The first-order valence-electron chi connectivity index (χ1n) is 5.71. The molecule has 0 aromatic rings. The van der Waals surface area contributed by atoms with Crippen LogP contribution in [0.3, 0.4) is 0 Å². The molecular formula is C11H22O5. The summed E-state index contributed by atoms with van der Waals surface area (Å²) in [5.74, 6) is 0.197. The highest BCUT2D eigenvalue weighted by atomic mass is 16.6. The molecule has 0 aromatic heterocycles. The minimum Gasteiger partial charge on any atom is -0.391 e. The molecule has 0 aromatic carbocycles. The topological polar surface area (TPSA) is 79.2 Å². The molecule has 16 heavy (non-hydrogen) atoms. The normalized spacial score (nSPS) is 37.7. The van der Waals surface area contributed by atoms with Crippen LogP contribution in [0, 0.1) is 11.8 Å². The molecule has 1 fully saturated rings. The van der Waals surface area contributed by atoms with Crippen molar-refractivity contribution >= 4 is 0 Å². The third-order valence-electron chi connectivity index (χ3n) is 2.90. The summed E-state index contributed by atoms with van der Waals surface area (Å²) in [6, 6.07) is 0. The lowest BCUT2D eigenvalue weighted by Crippen LogP contribution is -2.53. The summed E-state index contributed by atoms with van der Waals surface area (Å²) in [5.41, 5.74) is 0. The molecule has 1 aliphatic rings. The predicted octanol–water partition coefficient (Wildman–Crippen LogP) is -0.266. The zero-order valence-corrected chi connectivity index (χ0v) is 10.0. The molecule has 0 amide bonds. The summed E-state index contributed by atoms with van der Waals surface area (Å²) in [5, 5.41) is 28.7. The first-order chi connectivity index (χ1) is 7.43. The largest absolute Gasteiger partial charge is 0.391 e. The zero-order chi connectivity index (χ0) is 12.3. The van der Waals surface area contributed by atoms with E-state index in [1.54, 1.807) is 6.92 Å². The van der Waals surface area contributed by atoms with E-state index in [1.807, 2.05) is 13.8 Å². The van der Waals surface area contributed by atoms with Crippen LogP contribution in [0.2, 0.25) is 0 Å². The van der Waals surface area contributed by atoms with Gasteiger partial charge in [0.25, 0.3) is 0 Å². The van der Waals surface area contributed by atoms with E-state index in [9.17, 15) is 10.2 Å². The van der Waals surface area contributed by atoms with Crippen molar-refractivity contribution in [1.29, 1.82) is 0 Å². The van der Waals surface area contributed by atoms with E-state index in [0.717, 1.165) is 0 Å². The number of rotatable bonds is 4. The molecule has 1 saturated heterocycles. The van der Waals surface area contributed by atoms with Crippen molar-refractivity contribution in [3.8, 4) is 0 Å². The van der Waals surface area contributed by atoms with E-state index in [1.165, 1.54) is 0 Å². The first-order valence-corrected chi connectivity index (χ1v) is 5.71. The Morgan fingerprint density at radius 1 is 1.31 bits per heavy atom. The van der Waals surface area contributed by atoms with Gasteiger partial charge in [0.1, 0.15) is 6.10 Å². The van der Waals surface area contributed by atoms with Crippen LogP contribution in [0.4, 0.5) is 0 Å². The van der Waals surface area contributed by atoms with Gasteiger partial charge in [-0.3, -0.25) is 0 Å². The molecule has 3 N–H and O–H groups in total. The number of aliphatic hydroxyl groups excluding tert-OH is 3. The maximum atomic E-state index is 10.0. The first kappa shape index (κ1) is 13.9. The second-order valence-electron chi connectivity index (χ2n) is 4.77. The molecule has 3 unspecified atom stereocenters. The molecule has 0 bridgehead atoms. The van der Waals surface area contributed by atoms with Crippen LogP contribution < -0.4 is 0 Å². The SMILES string of the molecule is CC(C)[C@@H]1COC(O)C(OC[C@@H](C)O)C1O. The Morgan fingerprint density at radius 2 is 1.94 bits per heavy atom. The van der Waals surface area contributed by atoms with Crippen LogP contribution in [0.25, 0.3) is 0 Å². The van der Waals surface area contributed by atoms with Gasteiger partial charge >= 0.3 is 0 Å². The fraction of sp³-hybridized carbons (Fsp3) is 1.00. The van der Waals surface area contributed by atoms with Crippen LogP contribution in [0.5, 0.6) is 0 Å². The maximum absolute atomic E-state index is 10.0. The molecule has 0 saturated carbocycles. The fourth-order valence-electron chi connectivity index (χ4n) is 1.83. The Kier molecular flexibility index (Phi) is 5.14. The van der Waals surface area contributed by atoms with Crippen molar-refractivity contribution in [2.24, 2.45) is 11.8 Å². The minimum absolute atomic E-state index is 0.0533. The van der Waals surface area contributed by atoms with Gasteiger partial charge in [0.05, 0.1) is 25.4 Å². The average Bonchev–Trinajstić information content (AvgIpc) is 2.16. The summed E-state index contributed by atoms with van der Waals surface area (Å²) in [4.78, 5) is 0. The smallest absolute Gasteiger partial charge is 0.183 e. The highest BCUT2D eigenvalue weighted by Gasteiger charge is 2.40. The van der Waals surface area contributed by atoms with Crippen LogP contribution in [0.15, 0.2) is 0 Å². The lowest BCUT2D eigenvalue weighted by Gasteiger charge is -2.39. The van der Waals surface area contributed by atoms with Gasteiger partial charge in [-0.25, -0.2) is 0 Å². The highest BCUT2D eigenvalue weighted by Crippen LogP contribution is 2.27. The van der Waals surface area contributed by atoms with Crippen LogP contribution in [-0.2, 0) is 9.47 Å². The van der Waals surface area contributed by atoms with Gasteiger partial charge in [0.15, 0.2) is 6.29 Å². The van der Waals surface area contributed by atoms with Gasteiger partial charge in [0, 0.05) is 5.92 Å². The average molecular weight is 234 g/mol. The van der Waals surface area contributed by atoms with Gasteiger partial charge in [0.2, 0.25) is 0 Å². The van der Waals surface area contributed by atoms with Crippen molar-refractivity contribution in [2.75, 3.05) is 13.2 Å². The third-order valence-corrected chi connectivity index (χ3v) is 2.90. The molecule has 1 aliphatic heterocycles.